The molecule has 1 aliphatic carbocycles. The van der Waals surface area contributed by atoms with Crippen LogP contribution in [0, 0.1) is 5.92 Å². The lowest BCUT2D eigenvalue weighted by atomic mass is 10.0. The van der Waals surface area contributed by atoms with Crippen LogP contribution in [-0.4, -0.2) is 32.2 Å². The second-order valence-electron chi connectivity index (χ2n) is 5.40. The number of halogens is 1. The molecule has 3 rings (SSSR count). The number of aromatic nitrogens is 4. The van der Waals surface area contributed by atoms with Gasteiger partial charge in [0.2, 0.25) is 5.91 Å². The smallest absolute Gasteiger partial charge is 0.229 e. The van der Waals surface area contributed by atoms with E-state index < -0.39 is 0 Å². The maximum absolute atomic E-state index is 12.3. The number of anilines is 1. The SMILES string of the molecule is Cl.Cn1nnnc1-c1cccc(NC(=O)C2CCCC2N)c1. The van der Waals surface area contributed by atoms with Gasteiger partial charge >= 0.3 is 0 Å². The van der Waals surface area contributed by atoms with Gasteiger partial charge in [-0.2, -0.15) is 0 Å². The molecule has 1 fully saturated rings. The number of rotatable bonds is 3. The van der Waals surface area contributed by atoms with E-state index in [0.717, 1.165) is 30.5 Å². The van der Waals surface area contributed by atoms with Crippen LogP contribution in [0.5, 0.6) is 0 Å². The molecule has 0 bridgehead atoms. The van der Waals surface area contributed by atoms with E-state index in [4.69, 9.17) is 5.73 Å². The first-order chi connectivity index (χ1) is 10.1. The first-order valence-electron chi connectivity index (χ1n) is 7.04. The summed E-state index contributed by atoms with van der Waals surface area (Å²) in [6.45, 7) is 0. The van der Waals surface area contributed by atoms with Crippen LogP contribution in [-0.2, 0) is 11.8 Å². The van der Waals surface area contributed by atoms with Gasteiger partial charge in [0, 0.05) is 24.3 Å². The Balaban J connectivity index is 0.00000176. The van der Waals surface area contributed by atoms with Crippen molar-refractivity contribution < 1.29 is 4.79 Å². The van der Waals surface area contributed by atoms with Gasteiger partial charge < -0.3 is 11.1 Å². The van der Waals surface area contributed by atoms with Crippen molar-refractivity contribution in [1.29, 1.82) is 0 Å². The molecule has 1 saturated carbocycles. The van der Waals surface area contributed by atoms with Gasteiger partial charge in [-0.05, 0) is 35.4 Å². The summed E-state index contributed by atoms with van der Waals surface area (Å²) in [6, 6.07) is 7.46. The molecule has 0 aliphatic heterocycles. The molecule has 2 aromatic rings. The average molecular weight is 323 g/mol. The van der Waals surface area contributed by atoms with Crippen LogP contribution in [0.15, 0.2) is 24.3 Å². The molecule has 0 spiro atoms. The number of aryl methyl sites for hydroxylation is 1. The summed E-state index contributed by atoms with van der Waals surface area (Å²) in [5.74, 6) is 0.557. The van der Waals surface area contributed by atoms with Crippen molar-refractivity contribution in [3.8, 4) is 11.4 Å². The molecule has 0 radical (unpaired) electrons. The summed E-state index contributed by atoms with van der Waals surface area (Å²) in [5.41, 5.74) is 7.56. The molecule has 1 aromatic heterocycles. The first-order valence-corrected chi connectivity index (χ1v) is 7.04. The molecule has 1 heterocycles. The molecule has 2 unspecified atom stereocenters. The zero-order chi connectivity index (χ0) is 14.8. The summed E-state index contributed by atoms with van der Waals surface area (Å²) in [5, 5.41) is 14.3. The van der Waals surface area contributed by atoms with Gasteiger partial charge in [0.05, 0.1) is 5.92 Å². The fraction of sp³-hybridized carbons (Fsp3) is 0.429. The Morgan fingerprint density at radius 2 is 2.23 bits per heavy atom. The van der Waals surface area contributed by atoms with E-state index in [-0.39, 0.29) is 30.3 Å². The van der Waals surface area contributed by atoms with Crippen LogP contribution >= 0.6 is 12.4 Å². The van der Waals surface area contributed by atoms with E-state index in [1.807, 2.05) is 24.3 Å². The highest BCUT2D eigenvalue weighted by Crippen LogP contribution is 2.26. The minimum atomic E-state index is -0.0925. The summed E-state index contributed by atoms with van der Waals surface area (Å²) < 4.78 is 1.59. The van der Waals surface area contributed by atoms with Gasteiger partial charge in [-0.3, -0.25) is 4.79 Å². The molecule has 1 amide bonds. The second-order valence-corrected chi connectivity index (χ2v) is 5.40. The van der Waals surface area contributed by atoms with Gasteiger partial charge in [-0.15, -0.1) is 17.5 Å². The van der Waals surface area contributed by atoms with Gasteiger partial charge in [0.1, 0.15) is 0 Å². The number of carbonyl (C=O) groups excluding carboxylic acids is 1. The Kier molecular flexibility index (Phi) is 5.10. The van der Waals surface area contributed by atoms with Crippen molar-refractivity contribution in [2.45, 2.75) is 25.3 Å². The van der Waals surface area contributed by atoms with E-state index in [9.17, 15) is 4.79 Å². The largest absolute Gasteiger partial charge is 0.327 e. The number of nitrogens with two attached hydrogens (primary N) is 1. The Morgan fingerprint density at radius 1 is 1.41 bits per heavy atom. The third-order valence-corrected chi connectivity index (χ3v) is 3.91. The molecule has 1 aromatic carbocycles. The number of amides is 1. The van der Waals surface area contributed by atoms with E-state index in [1.165, 1.54) is 0 Å². The van der Waals surface area contributed by atoms with E-state index in [0.29, 0.717) is 5.82 Å². The molecule has 8 heteroatoms. The van der Waals surface area contributed by atoms with Crippen molar-refractivity contribution in [2.75, 3.05) is 5.32 Å². The van der Waals surface area contributed by atoms with E-state index in [2.05, 4.69) is 20.8 Å². The molecule has 7 nitrogen and oxygen atoms in total. The van der Waals surface area contributed by atoms with Crippen LogP contribution in [0.1, 0.15) is 19.3 Å². The number of nitrogens with one attached hydrogen (secondary N) is 1. The lowest BCUT2D eigenvalue weighted by molar-refractivity contribution is -0.120. The summed E-state index contributed by atoms with van der Waals surface area (Å²) in [6.07, 6.45) is 2.80. The Hall–Kier alpha value is -1.99. The van der Waals surface area contributed by atoms with Crippen molar-refractivity contribution >= 4 is 24.0 Å². The number of nitrogens with zero attached hydrogens (tertiary/aromatic N) is 4. The summed E-state index contributed by atoms with van der Waals surface area (Å²) in [7, 11) is 1.78. The third-order valence-electron chi connectivity index (χ3n) is 3.91. The standard InChI is InChI=1S/C14H18N6O.ClH/c1-20-13(17-18-19-20)9-4-2-5-10(8-9)16-14(21)11-6-3-7-12(11)15;/h2,4-5,8,11-12H,3,6-7,15H2,1H3,(H,16,21);1H. The topological polar surface area (TPSA) is 98.7 Å². The molecular formula is C14H19ClN6O. The van der Waals surface area contributed by atoms with E-state index in [1.54, 1.807) is 11.7 Å². The quantitative estimate of drug-likeness (QED) is 0.889. The van der Waals surface area contributed by atoms with E-state index >= 15 is 0 Å². The van der Waals surface area contributed by atoms with Gasteiger partial charge in [0.15, 0.2) is 5.82 Å². The molecular weight excluding hydrogens is 304 g/mol. The minimum Gasteiger partial charge on any atom is -0.327 e. The lowest BCUT2D eigenvalue weighted by Crippen LogP contribution is -2.34. The van der Waals surface area contributed by atoms with Crippen LogP contribution in [0.2, 0.25) is 0 Å². The number of hydrogen-bond donors (Lipinski definition) is 2. The van der Waals surface area contributed by atoms with Crippen molar-refractivity contribution in [3.05, 3.63) is 24.3 Å². The Labute approximate surface area is 134 Å². The molecule has 0 saturated heterocycles. The summed E-state index contributed by atoms with van der Waals surface area (Å²) in [4.78, 5) is 12.3. The normalized spacial score (nSPS) is 20.5. The number of tetrazole rings is 1. The van der Waals surface area contributed by atoms with Gasteiger partial charge in [0.25, 0.3) is 0 Å². The van der Waals surface area contributed by atoms with Gasteiger partial charge in [-0.1, -0.05) is 18.6 Å². The number of carbonyl (C=O) groups is 1. The number of benzene rings is 1. The monoisotopic (exact) mass is 322 g/mol. The van der Waals surface area contributed by atoms with Crippen LogP contribution in [0.4, 0.5) is 5.69 Å². The van der Waals surface area contributed by atoms with Crippen LogP contribution in [0.25, 0.3) is 11.4 Å². The zero-order valence-electron chi connectivity index (χ0n) is 12.3. The summed E-state index contributed by atoms with van der Waals surface area (Å²) >= 11 is 0. The predicted octanol–water partition coefficient (Wildman–Crippen LogP) is 1.36. The highest BCUT2D eigenvalue weighted by Gasteiger charge is 2.30. The van der Waals surface area contributed by atoms with Crippen molar-refractivity contribution in [2.24, 2.45) is 18.7 Å². The molecule has 2 atom stereocenters. The fourth-order valence-electron chi connectivity index (χ4n) is 2.76. The number of hydrogen-bond acceptors (Lipinski definition) is 5. The second kappa shape index (κ2) is 6.85. The van der Waals surface area contributed by atoms with Gasteiger partial charge in [-0.25, -0.2) is 4.68 Å². The first kappa shape index (κ1) is 16.4. The maximum Gasteiger partial charge on any atom is 0.229 e. The van der Waals surface area contributed by atoms with Crippen molar-refractivity contribution in [3.63, 3.8) is 0 Å². The third kappa shape index (κ3) is 3.26. The Bertz CT molecular complexity index is 658. The average Bonchev–Trinajstić information content (AvgIpc) is 3.07. The zero-order valence-corrected chi connectivity index (χ0v) is 13.1. The maximum atomic E-state index is 12.3. The van der Waals surface area contributed by atoms with Crippen molar-refractivity contribution in [1.82, 2.24) is 20.2 Å². The lowest BCUT2D eigenvalue weighted by Gasteiger charge is -2.15. The Morgan fingerprint density at radius 3 is 2.86 bits per heavy atom. The molecule has 3 N–H and O–H groups in total. The molecule has 1 aliphatic rings. The predicted molar refractivity (Wildman–Crippen MR) is 85.4 cm³/mol. The van der Waals surface area contributed by atoms with Crippen LogP contribution in [0.3, 0.4) is 0 Å². The minimum absolute atomic E-state index is 0. The highest BCUT2D eigenvalue weighted by molar-refractivity contribution is 5.93. The molecule has 22 heavy (non-hydrogen) atoms. The molecule has 118 valence electrons. The van der Waals surface area contributed by atoms with Crippen LogP contribution < -0.4 is 11.1 Å². The highest BCUT2D eigenvalue weighted by atomic mass is 35.5. The fourth-order valence-corrected chi connectivity index (χ4v) is 2.76.